The molecule has 10 nitrogen and oxygen atoms in total. The number of pyridine rings is 1. The number of nitrogens with two attached hydrogens (primary N) is 2. The number of hydrogen-bond donors (Lipinski definition) is 3. The number of nitrogen functional groups attached to an aromatic ring is 1. The van der Waals surface area contributed by atoms with Crippen molar-refractivity contribution in [2.24, 2.45) is 5.73 Å². The number of likely N-dealkylation sites (tertiary alicyclic amines) is 1. The Kier molecular flexibility index (Phi) is 6.73. The summed E-state index contributed by atoms with van der Waals surface area (Å²) in [6.07, 6.45) is 3.58. The van der Waals surface area contributed by atoms with Crippen LogP contribution in [0.2, 0.25) is 0 Å². The molecule has 5 N–H and O–H groups in total. The highest BCUT2D eigenvalue weighted by Crippen LogP contribution is 2.34. The summed E-state index contributed by atoms with van der Waals surface area (Å²) in [6.45, 7) is 4.07. The predicted molar refractivity (Wildman–Crippen MR) is 149 cm³/mol. The van der Waals surface area contributed by atoms with Crippen LogP contribution in [0.1, 0.15) is 40.2 Å². The summed E-state index contributed by atoms with van der Waals surface area (Å²) in [5.41, 5.74) is 14.7. The Morgan fingerprint density at radius 2 is 1.92 bits per heavy atom. The number of aromatic nitrogens is 3. The molecule has 0 saturated carbocycles. The maximum absolute atomic E-state index is 13.1. The Morgan fingerprint density at radius 1 is 1.16 bits per heavy atom. The Balaban J connectivity index is 1.59. The van der Waals surface area contributed by atoms with Gasteiger partial charge in [-0.25, -0.2) is 4.98 Å². The highest BCUT2D eigenvalue weighted by atomic mass is 16.5. The minimum Gasteiger partial charge on any atom is -0.495 e. The van der Waals surface area contributed by atoms with E-state index >= 15 is 0 Å². The van der Waals surface area contributed by atoms with Gasteiger partial charge in [-0.2, -0.15) is 4.98 Å². The van der Waals surface area contributed by atoms with Crippen molar-refractivity contribution in [1.82, 2.24) is 19.4 Å². The van der Waals surface area contributed by atoms with Gasteiger partial charge in [-0.1, -0.05) is 18.2 Å². The number of nitrogens with one attached hydrogen (secondary N) is 1. The summed E-state index contributed by atoms with van der Waals surface area (Å²) in [4.78, 5) is 36.6. The van der Waals surface area contributed by atoms with Crippen LogP contribution in [-0.2, 0) is 0 Å². The van der Waals surface area contributed by atoms with Crippen LogP contribution in [0.15, 0.2) is 53.5 Å². The molecule has 0 spiro atoms. The maximum Gasteiger partial charge on any atom is 0.256 e. The summed E-state index contributed by atoms with van der Waals surface area (Å²) in [6, 6.07) is 13.6. The normalized spacial score (nSPS) is 14.5. The van der Waals surface area contributed by atoms with Gasteiger partial charge in [0.2, 0.25) is 11.4 Å². The van der Waals surface area contributed by atoms with Crippen LogP contribution < -0.4 is 26.9 Å². The molecule has 2 aromatic heterocycles. The molecule has 196 valence electrons. The Hall–Kier alpha value is -4.44. The standard InChI is InChI=1S/C28H31N7O3/c1-16-5-4-6-19(13-16)35-25(29)23(26(30)37)24(36)20-15-31-28(33-27(20)35)32-21-8-7-18(14-22(21)38-3)17-9-11-34(2)12-10-17/h4-8,13-15,17H,9-12,29H2,1-3H3,(H2,30,37)(H,31,32,33). The highest BCUT2D eigenvalue weighted by Gasteiger charge is 2.23. The number of rotatable bonds is 6. The number of anilines is 3. The van der Waals surface area contributed by atoms with E-state index in [-0.39, 0.29) is 28.4 Å². The Morgan fingerprint density at radius 3 is 2.61 bits per heavy atom. The number of amides is 1. The average Bonchev–Trinajstić information content (AvgIpc) is 2.89. The lowest BCUT2D eigenvalue weighted by Crippen LogP contribution is -2.29. The van der Waals surface area contributed by atoms with Gasteiger partial charge >= 0.3 is 0 Å². The molecule has 4 aromatic rings. The number of benzene rings is 2. The molecule has 1 amide bonds. The summed E-state index contributed by atoms with van der Waals surface area (Å²) < 4.78 is 7.24. The minimum absolute atomic E-state index is 0.0784. The van der Waals surface area contributed by atoms with Crippen molar-refractivity contribution in [3.05, 3.63) is 75.6 Å². The second kappa shape index (κ2) is 10.1. The van der Waals surface area contributed by atoms with Gasteiger partial charge in [0.25, 0.3) is 5.91 Å². The number of ether oxygens (including phenoxy) is 1. The first-order valence-electron chi connectivity index (χ1n) is 12.5. The van der Waals surface area contributed by atoms with E-state index in [0.29, 0.717) is 23.0 Å². The van der Waals surface area contributed by atoms with Gasteiger partial charge in [0, 0.05) is 11.9 Å². The molecule has 3 heterocycles. The van der Waals surface area contributed by atoms with Crippen molar-refractivity contribution in [2.75, 3.05) is 38.3 Å². The van der Waals surface area contributed by atoms with E-state index < -0.39 is 11.3 Å². The lowest BCUT2D eigenvalue weighted by atomic mass is 9.89. The number of nitrogens with zero attached hydrogens (tertiary/aromatic N) is 4. The molecular formula is C28H31N7O3. The van der Waals surface area contributed by atoms with E-state index in [9.17, 15) is 9.59 Å². The molecule has 38 heavy (non-hydrogen) atoms. The third-order valence-corrected chi connectivity index (χ3v) is 7.12. The smallest absolute Gasteiger partial charge is 0.256 e. The molecule has 0 aliphatic carbocycles. The molecule has 1 aliphatic heterocycles. The molecule has 0 unspecified atom stereocenters. The molecule has 5 rings (SSSR count). The van der Waals surface area contributed by atoms with Crippen LogP contribution >= 0.6 is 0 Å². The van der Waals surface area contributed by atoms with Crippen molar-refractivity contribution in [3.63, 3.8) is 0 Å². The highest BCUT2D eigenvalue weighted by molar-refractivity contribution is 6.01. The molecule has 1 aliphatic rings. The van der Waals surface area contributed by atoms with Gasteiger partial charge in [0.05, 0.1) is 18.2 Å². The molecule has 1 saturated heterocycles. The summed E-state index contributed by atoms with van der Waals surface area (Å²) in [7, 11) is 3.77. The second-order valence-corrected chi connectivity index (χ2v) is 9.72. The van der Waals surface area contributed by atoms with Crippen LogP contribution in [0.5, 0.6) is 5.75 Å². The van der Waals surface area contributed by atoms with Gasteiger partial charge in [-0.15, -0.1) is 0 Å². The molecule has 0 atom stereocenters. The number of aryl methyl sites for hydroxylation is 1. The third kappa shape index (κ3) is 4.66. The second-order valence-electron chi connectivity index (χ2n) is 9.72. The topological polar surface area (TPSA) is 141 Å². The first-order chi connectivity index (χ1) is 18.3. The van der Waals surface area contributed by atoms with Crippen LogP contribution in [0.25, 0.3) is 16.7 Å². The summed E-state index contributed by atoms with van der Waals surface area (Å²) in [5, 5.41) is 3.35. The van der Waals surface area contributed by atoms with Crippen LogP contribution in [0, 0.1) is 6.92 Å². The van der Waals surface area contributed by atoms with E-state index in [0.717, 1.165) is 31.5 Å². The quantitative estimate of drug-likeness (QED) is 0.356. The van der Waals surface area contributed by atoms with E-state index in [1.165, 1.54) is 11.8 Å². The Bertz CT molecular complexity index is 1590. The SMILES string of the molecule is COc1cc(C2CCN(C)CC2)ccc1Nc1ncc2c(=O)c(C(N)=O)c(N)n(-c3cccc(C)c3)c2n1. The Labute approximate surface area is 220 Å². The zero-order valence-electron chi connectivity index (χ0n) is 21.7. The van der Waals surface area contributed by atoms with Crippen LogP contribution in [0.3, 0.4) is 0 Å². The predicted octanol–water partition coefficient (Wildman–Crippen LogP) is 3.33. The molecule has 1 fully saturated rings. The van der Waals surface area contributed by atoms with Gasteiger partial charge in [-0.05, 0) is 81.2 Å². The first kappa shape index (κ1) is 25.2. The van der Waals surface area contributed by atoms with Crippen molar-refractivity contribution in [1.29, 1.82) is 0 Å². The number of carbonyl (C=O) groups is 1. The van der Waals surface area contributed by atoms with Gasteiger partial charge in [0.1, 0.15) is 17.1 Å². The number of carbonyl (C=O) groups excluding carboxylic acids is 1. The number of fused-ring (bicyclic) bond motifs is 1. The summed E-state index contributed by atoms with van der Waals surface area (Å²) >= 11 is 0. The van der Waals surface area contributed by atoms with E-state index in [2.05, 4.69) is 39.4 Å². The van der Waals surface area contributed by atoms with E-state index in [1.807, 2.05) is 37.3 Å². The number of hydrogen-bond acceptors (Lipinski definition) is 8. The number of piperidine rings is 1. The van der Waals surface area contributed by atoms with Crippen LogP contribution in [-0.4, -0.2) is 52.6 Å². The molecule has 10 heteroatoms. The van der Waals surface area contributed by atoms with Crippen molar-refractivity contribution in [3.8, 4) is 11.4 Å². The molecular weight excluding hydrogens is 482 g/mol. The largest absolute Gasteiger partial charge is 0.495 e. The fourth-order valence-corrected chi connectivity index (χ4v) is 5.03. The number of methoxy groups -OCH3 is 1. The van der Waals surface area contributed by atoms with Crippen LogP contribution in [0.4, 0.5) is 17.5 Å². The van der Waals surface area contributed by atoms with Gasteiger partial charge in [0.15, 0.2) is 5.65 Å². The van der Waals surface area contributed by atoms with Crippen molar-refractivity contribution >= 4 is 34.4 Å². The average molecular weight is 514 g/mol. The zero-order chi connectivity index (χ0) is 27.0. The lowest BCUT2D eigenvalue weighted by molar-refractivity contribution is 0.1000. The van der Waals surface area contributed by atoms with Crippen molar-refractivity contribution < 1.29 is 9.53 Å². The molecule has 2 aromatic carbocycles. The fraction of sp³-hybridized carbons (Fsp3) is 0.286. The molecule has 0 radical (unpaired) electrons. The maximum atomic E-state index is 13.1. The third-order valence-electron chi connectivity index (χ3n) is 7.12. The van der Waals surface area contributed by atoms with E-state index in [4.69, 9.17) is 16.2 Å². The zero-order valence-corrected chi connectivity index (χ0v) is 21.7. The van der Waals surface area contributed by atoms with E-state index in [1.54, 1.807) is 11.7 Å². The first-order valence-corrected chi connectivity index (χ1v) is 12.5. The molecule has 0 bridgehead atoms. The fourth-order valence-electron chi connectivity index (χ4n) is 5.03. The lowest BCUT2D eigenvalue weighted by Gasteiger charge is -2.29. The minimum atomic E-state index is -0.910. The summed E-state index contributed by atoms with van der Waals surface area (Å²) in [5.74, 6) is 0.412. The number of primary amides is 1. The van der Waals surface area contributed by atoms with Crippen molar-refractivity contribution in [2.45, 2.75) is 25.7 Å². The van der Waals surface area contributed by atoms with Gasteiger partial charge < -0.3 is 26.4 Å². The monoisotopic (exact) mass is 513 g/mol. The van der Waals surface area contributed by atoms with Gasteiger partial charge in [-0.3, -0.25) is 14.2 Å².